The number of aromatic nitrogens is 1. The summed E-state index contributed by atoms with van der Waals surface area (Å²) in [4.78, 5) is 16.4. The highest BCUT2D eigenvalue weighted by atomic mass is 16.5. The number of carbonyl (C=O) groups is 1. The zero-order valence-electron chi connectivity index (χ0n) is 10.1. The molecule has 1 fully saturated rings. The van der Waals surface area contributed by atoms with Crippen LogP contribution in [0.5, 0.6) is 0 Å². The first-order chi connectivity index (χ1) is 8.83. The van der Waals surface area contributed by atoms with Crippen LogP contribution in [-0.4, -0.2) is 23.5 Å². The van der Waals surface area contributed by atoms with Gasteiger partial charge < -0.3 is 4.74 Å². The Balaban J connectivity index is 1.82. The maximum atomic E-state index is 12.1. The number of nitrogens with zero attached hydrogens (tertiary/aromatic N) is 1. The molecule has 92 valence electrons. The van der Waals surface area contributed by atoms with E-state index in [4.69, 9.17) is 4.74 Å². The maximum Gasteiger partial charge on any atom is 0.167 e. The van der Waals surface area contributed by atoms with Gasteiger partial charge in [-0.2, -0.15) is 0 Å². The summed E-state index contributed by atoms with van der Waals surface area (Å²) in [5.74, 6) is 0.125. The molecule has 1 atom stereocenters. The molecule has 3 heteroatoms. The molecule has 1 aromatic heterocycles. The fourth-order valence-electron chi connectivity index (χ4n) is 2.35. The number of ketones is 1. The summed E-state index contributed by atoms with van der Waals surface area (Å²) in [5.41, 5.74) is 1.61. The molecule has 1 aromatic carbocycles. The molecule has 3 nitrogen and oxygen atoms in total. The second-order valence-corrected chi connectivity index (χ2v) is 4.68. The van der Waals surface area contributed by atoms with Gasteiger partial charge in [0.25, 0.3) is 0 Å². The van der Waals surface area contributed by atoms with E-state index in [0.717, 1.165) is 30.4 Å². The molecule has 0 aliphatic carbocycles. The van der Waals surface area contributed by atoms with Gasteiger partial charge in [0, 0.05) is 30.2 Å². The van der Waals surface area contributed by atoms with Crippen LogP contribution >= 0.6 is 0 Å². The highest BCUT2D eigenvalue weighted by Gasteiger charge is 2.20. The first-order valence-electron chi connectivity index (χ1n) is 6.32. The number of carbonyl (C=O) groups excluding carboxylic acids is 1. The first-order valence-corrected chi connectivity index (χ1v) is 6.32. The van der Waals surface area contributed by atoms with Crippen LogP contribution in [0.3, 0.4) is 0 Å². The molecule has 1 saturated heterocycles. The molecular formula is C15H15NO2. The average molecular weight is 241 g/mol. The molecule has 0 bridgehead atoms. The number of para-hydroxylation sites is 1. The van der Waals surface area contributed by atoms with E-state index in [2.05, 4.69) is 4.98 Å². The van der Waals surface area contributed by atoms with Gasteiger partial charge in [-0.3, -0.25) is 9.78 Å². The van der Waals surface area contributed by atoms with Crippen LogP contribution in [0.1, 0.15) is 29.6 Å². The molecule has 0 amide bonds. The lowest BCUT2D eigenvalue weighted by Gasteiger charge is -2.08. The summed E-state index contributed by atoms with van der Waals surface area (Å²) in [6, 6.07) is 9.75. The van der Waals surface area contributed by atoms with E-state index >= 15 is 0 Å². The van der Waals surface area contributed by atoms with Crippen LogP contribution in [0.2, 0.25) is 0 Å². The maximum absolute atomic E-state index is 12.1. The van der Waals surface area contributed by atoms with Gasteiger partial charge in [0.15, 0.2) is 5.78 Å². The normalized spacial score (nSPS) is 19.2. The average Bonchev–Trinajstić information content (AvgIpc) is 2.91. The van der Waals surface area contributed by atoms with E-state index in [0.29, 0.717) is 12.0 Å². The van der Waals surface area contributed by atoms with Gasteiger partial charge >= 0.3 is 0 Å². The van der Waals surface area contributed by atoms with Gasteiger partial charge in [0.1, 0.15) is 0 Å². The van der Waals surface area contributed by atoms with Crippen molar-refractivity contribution in [2.75, 3.05) is 6.61 Å². The fourth-order valence-corrected chi connectivity index (χ4v) is 2.35. The minimum absolute atomic E-state index is 0.101. The Morgan fingerprint density at radius 2 is 2.28 bits per heavy atom. The lowest BCUT2D eigenvalue weighted by atomic mass is 10.0. The lowest BCUT2D eigenvalue weighted by molar-refractivity contribution is 0.0775. The number of hydrogen-bond acceptors (Lipinski definition) is 3. The summed E-state index contributed by atoms with van der Waals surface area (Å²) in [6.07, 6.45) is 4.30. The Labute approximate surface area is 106 Å². The van der Waals surface area contributed by atoms with Crippen molar-refractivity contribution >= 4 is 16.7 Å². The summed E-state index contributed by atoms with van der Waals surface area (Å²) in [7, 11) is 0. The third kappa shape index (κ3) is 2.27. The molecule has 1 aliphatic rings. The fraction of sp³-hybridized carbons (Fsp3) is 0.333. The number of hydrogen-bond donors (Lipinski definition) is 0. The summed E-state index contributed by atoms with van der Waals surface area (Å²) < 4.78 is 5.49. The quantitative estimate of drug-likeness (QED) is 0.775. The highest BCUT2D eigenvalue weighted by molar-refractivity contribution is 5.99. The third-order valence-electron chi connectivity index (χ3n) is 3.35. The van der Waals surface area contributed by atoms with Crippen molar-refractivity contribution in [2.45, 2.75) is 25.4 Å². The Bertz CT molecular complexity index is 573. The van der Waals surface area contributed by atoms with E-state index in [9.17, 15) is 4.79 Å². The molecule has 0 saturated carbocycles. The third-order valence-corrected chi connectivity index (χ3v) is 3.35. The zero-order chi connectivity index (χ0) is 12.4. The number of Topliss-reactive ketones (excluding diaryl/α,β-unsaturated/α-hetero) is 1. The summed E-state index contributed by atoms with van der Waals surface area (Å²) >= 11 is 0. The van der Waals surface area contributed by atoms with Gasteiger partial charge in [0.05, 0.1) is 11.6 Å². The molecule has 2 aromatic rings. The number of rotatable bonds is 3. The van der Waals surface area contributed by atoms with Gasteiger partial charge in [-0.05, 0) is 25.0 Å². The van der Waals surface area contributed by atoms with E-state index < -0.39 is 0 Å². The second kappa shape index (κ2) is 4.86. The predicted octanol–water partition coefficient (Wildman–Crippen LogP) is 2.99. The van der Waals surface area contributed by atoms with Crippen molar-refractivity contribution < 1.29 is 9.53 Å². The Morgan fingerprint density at radius 3 is 3.11 bits per heavy atom. The zero-order valence-corrected chi connectivity index (χ0v) is 10.1. The SMILES string of the molecule is O=C(CC1CCCO1)c1cnc2ccccc2c1. The lowest BCUT2D eigenvalue weighted by Crippen LogP contribution is -2.12. The molecule has 0 radical (unpaired) electrons. The van der Waals surface area contributed by atoms with Crippen LogP contribution in [0.4, 0.5) is 0 Å². The Morgan fingerprint density at radius 1 is 1.39 bits per heavy atom. The minimum Gasteiger partial charge on any atom is -0.378 e. The number of benzene rings is 1. The van der Waals surface area contributed by atoms with Crippen molar-refractivity contribution in [3.05, 3.63) is 42.1 Å². The van der Waals surface area contributed by atoms with E-state index in [-0.39, 0.29) is 11.9 Å². The van der Waals surface area contributed by atoms with Gasteiger partial charge in [-0.15, -0.1) is 0 Å². The molecule has 2 heterocycles. The van der Waals surface area contributed by atoms with Crippen LogP contribution < -0.4 is 0 Å². The van der Waals surface area contributed by atoms with Crippen LogP contribution in [0.15, 0.2) is 36.5 Å². The monoisotopic (exact) mass is 241 g/mol. The standard InChI is InChI=1S/C15H15NO2/c17-15(9-13-5-3-7-18-13)12-8-11-4-1-2-6-14(11)16-10-12/h1-2,4,6,8,10,13H,3,5,7,9H2. The van der Waals surface area contributed by atoms with Crippen molar-refractivity contribution in [1.82, 2.24) is 4.98 Å². The van der Waals surface area contributed by atoms with Crippen molar-refractivity contribution in [3.63, 3.8) is 0 Å². The largest absolute Gasteiger partial charge is 0.378 e. The number of ether oxygens (including phenoxy) is 1. The summed E-state index contributed by atoms with van der Waals surface area (Å²) in [5, 5.41) is 1.01. The van der Waals surface area contributed by atoms with E-state index in [1.54, 1.807) is 6.20 Å². The molecular weight excluding hydrogens is 226 g/mol. The molecule has 1 unspecified atom stereocenters. The first kappa shape index (κ1) is 11.4. The van der Waals surface area contributed by atoms with E-state index in [1.807, 2.05) is 30.3 Å². The molecule has 0 spiro atoms. The van der Waals surface area contributed by atoms with Gasteiger partial charge in [-0.1, -0.05) is 18.2 Å². The van der Waals surface area contributed by atoms with Gasteiger partial charge in [0.2, 0.25) is 0 Å². The Kier molecular flexibility index (Phi) is 3.07. The molecule has 18 heavy (non-hydrogen) atoms. The Hall–Kier alpha value is -1.74. The van der Waals surface area contributed by atoms with Crippen molar-refractivity contribution in [1.29, 1.82) is 0 Å². The second-order valence-electron chi connectivity index (χ2n) is 4.68. The van der Waals surface area contributed by atoms with Crippen LogP contribution in [0, 0.1) is 0 Å². The number of pyridine rings is 1. The molecule has 1 aliphatic heterocycles. The number of fused-ring (bicyclic) bond motifs is 1. The minimum atomic E-state index is 0.101. The van der Waals surface area contributed by atoms with Crippen molar-refractivity contribution in [3.8, 4) is 0 Å². The predicted molar refractivity (Wildman–Crippen MR) is 69.7 cm³/mol. The van der Waals surface area contributed by atoms with Crippen LogP contribution in [-0.2, 0) is 4.74 Å². The van der Waals surface area contributed by atoms with Crippen molar-refractivity contribution in [2.24, 2.45) is 0 Å². The van der Waals surface area contributed by atoms with Crippen LogP contribution in [0.25, 0.3) is 10.9 Å². The smallest absolute Gasteiger partial charge is 0.167 e. The molecule has 0 N–H and O–H groups in total. The van der Waals surface area contributed by atoms with E-state index in [1.165, 1.54) is 0 Å². The molecule has 3 rings (SSSR count). The summed E-state index contributed by atoms with van der Waals surface area (Å²) in [6.45, 7) is 0.786. The highest BCUT2D eigenvalue weighted by Crippen LogP contribution is 2.19. The van der Waals surface area contributed by atoms with Gasteiger partial charge in [-0.25, -0.2) is 0 Å². The topological polar surface area (TPSA) is 39.2 Å².